The predicted octanol–water partition coefficient (Wildman–Crippen LogP) is 2.07. The second kappa shape index (κ2) is 3.78. The van der Waals surface area contributed by atoms with Gasteiger partial charge >= 0.3 is 6.18 Å². The van der Waals surface area contributed by atoms with E-state index in [2.05, 4.69) is 14.7 Å². The number of alkyl halides is 3. The smallest absolute Gasteiger partial charge is 0.422 e. The van der Waals surface area contributed by atoms with Gasteiger partial charge in [0, 0.05) is 0 Å². The lowest BCUT2D eigenvalue weighted by molar-refractivity contribution is -0.154. The first-order chi connectivity index (χ1) is 5.97. The number of hydrogen-bond acceptors (Lipinski definition) is 3. The largest absolute Gasteiger partial charge is 0.467 e. The van der Waals surface area contributed by atoms with Gasteiger partial charge in [-0.05, 0) is 0 Å². The molecule has 72 valence electrons. The monoisotopic (exact) mass is 212 g/mol. The highest BCUT2D eigenvalue weighted by Gasteiger charge is 2.28. The van der Waals surface area contributed by atoms with Gasteiger partial charge in [-0.2, -0.15) is 13.2 Å². The van der Waals surface area contributed by atoms with Crippen molar-refractivity contribution in [3.05, 3.63) is 17.5 Å². The zero-order valence-corrected chi connectivity index (χ0v) is 6.93. The van der Waals surface area contributed by atoms with Crippen LogP contribution in [-0.2, 0) is 0 Å². The second-order valence-electron chi connectivity index (χ2n) is 2.08. The molecule has 0 aliphatic carbocycles. The molecular formula is C6H4ClF3N2O. The van der Waals surface area contributed by atoms with E-state index in [9.17, 15) is 13.2 Å². The highest BCUT2D eigenvalue weighted by molar-refractivity contribution is 6.29. The Hall–Kier alpha value is -1.04. The van der Waals surface area contributed by atoms with Gasteiger partial charge in [-0.3, -0.25) is 0 Å². The fourth-order valence-electron chi connectivity index (χ4n) is 0.531. The van der Waals surface area contributed by atoms with Gasteiger partial charge in [0.1, 0.15) is 5.15 Å². The fourth-order valence-corrected chi connectivity index (χ4v) is 0.628. The first-order valence-corrected chi connectivity index (χ1v) is 3.52. The van der Waals surface area contributed by atoms with Crippen molar-refractivity contribution >= 4 is 11.6 Å². The van der Waals surface area contributed by atoms with Gasteiger partial charge in [0.05, 0.1) is 12.4 Å². The lowest BCUT2D eigenvalue weighted by Crippen LogP contribution is -2.19. The lowest BCUT2D eigenvalue weighted by Gasteiger charge is -2.06. The molecule has 0 bridgehead atoms. The van der Waals surface area contributed by atoms with Crippen LogP contribution in [0.2, 0.25) is 5.15 Å². The van der Waals surface area contributed by atoms with Crippen molar-refractivity contribution in [2.45, 2.75) is 6.18 Å². The molecule has 0 aliphatic rings. The Bertz CT molecular complexity index is 274. The normalized spacial score (nSPS) is 11.4. The summed E-state index contributed by atoms with van der Waals surface area (Å²) in [6, 6.07) is 0. The topological polar surface area (TPSA) is 35.0 Å². The van der Waals surface area contributed by atoms with Crippen LogP contribution in [0.1, 0.15) is 0 Å². The van der Waals surface area contributed by atoms with Crippen molar-refractivity contribution in [1.82, 2.24) is 9.97 Å². The molecule has 1 heterocycles. The number of aromatic nitrogens is 2. The van der Waals surface area contributed by atoms with E-state index in [1.165, 1.54) is 0 Å². The molecule has 0 atom stereocenters. The molecule has 0 unspecified atom stereocenters. The molecule has 0 aromatic carbocycles. The molecular weight excluding hydrogens is 209 g/mol. The molecule has 13 heavy (non-hydrogen) atoms. The van der Waals surface area contributed by atoms with E-state index in [1.807, 2.05) is 0 Å². The first kappa shape index (κ1) is 10.0. The van der Waals surface area contributed by atoms with Crippen LogP contribution in [0.4, 0.5) is 13.2 Å². The second-order valence-corrected chi connectivity index (χ2v) is 2.47. The van der Waals surface area contributed by atoms with Crippen LogP contribution in [0.25, 0.3) is 0 Å². The van der Waals surface area contributed by atoms with E-state index in [0.717, 1.165) is 12.4 Å². The summed E-state index contributed by atoms with van der Waals surface area (Å²) in [7, 11) is 0. The standard InChI is InChI=1S/C6H4ClF3N2O/c7-4-1-12-5(2-11-4)13-3-6(8,9)10/h1-2H,3H2. The molecule has 0 aliphatic heterocycles. The van der Waals surface area contributed by atoms with Crippen molar-refractivity contribution < 1.29 is 17.9 Å². The molecule has 1 aromatic heterocycles. The molecule has 7 heteroatoms. The summed E-state index contributed by atoms with van der Waals surface area (Å²) in [5, 5.41) is 0.0966. The third-order valence-corrected chi connectivity index (χ3v) is 1.18. The van der Waals surface area contributed by atoms with Crippen LogP contribution in [0.3, 0.4) is 0 Å². The average Bonchev–Trinajstić information content (AvgIpc) is 2.02. The van der Waals surface area contributed by atoms with Crippen LogP contribution in [0.5, 0.6) is 5.88 Å². The van der Waals surface area contributed by atoms with Crippen LogP contribution in [0.15, 0.2) is 12.4 Å². The van der Waals surface area contributed by atoms with E-state index >= 15 is 0 Å². The van der Waals surface area contributed by atoms with Gasteiger partial charge in [0.25, 0.3) is 0 Å². The van der Waals surface area contributed by atoms with E-state index in [0.29, 0.717) is 0 Å². The molecule has 0 amide bonds. The summed E-state index contributed by atoms with van der Waals surface area (Å²) in [6.07, 6.45) is -2.25. The summed E-state index contributed by atoms with van der Waals surface area (Å²) < 4.78 is 39.1. The minimum Gasteiger partial charge on any atom is -0.467 e. The molecule has 3 nitrogen and oxygen atoms in total. The van der Waals surface area contributed by atoms with Gasteiger partial charge in [0.2, 0.25) is 5.88 Å². The highest BCUT2D eigenvalue weighted by atomic mass is 35.5. The highest BCUT2D eigenvalue weighted by Crippen LogP contribution is 2.16. The number of hydrogen-bond donors (Lipinski definition) is 0. The van der Waals surface area contributed by atoms with Gasteiger partial charge in [0.15, 0.2) is 6.61 Å². The maximum atomic E-state index is 11.6. The van der Waals surface area contributed by atoms with Gasteiger partial charge in [-0.15, -0.1) is 0 Å². The van der Waals surface area contributed by atoms with Crippen molar-refractivity contribution in [3.8, 4) is 5.88 Å². The minimum absolute atomic E-state index is 0.0966. The van der Waals surface area contributed by atoms with Crippen molar-refractivity contribution in [1.29, 1.82) is 0 Å². The minimum atomic E-state index is -4.37. The predicted molar refractivity (Wildman–Crippen MR) is 38.6 cm³/mol. The van der Waals surface area contributed by atoms with E-state index in [-0.39, 0.29) is 11.0 Å². The first-order valence-electron chi connectivity index (χ1n) is 3.14. The molecule has 0 N–H and O–H groups in total. The average molecular weight is 213 g/mol. The van der Waals surface area contributed by atoms with Gasteiger partial charge in [-0.1, -0.05) is 11.6 Å². The maximum absolute atomic E-state index is 11.6. The molecule has 0 saturated heterocycles. The number of nitrogens with zero attached hydrogens (tertiary/aromatic N) is 2. The third kappa shape index (κ3) is 3.93. The maximum Gasteiger partial charge on any atom is 0.422 e. The molecule has 0 spiro atoms. The van der Waals surface area contributed by atoms with E-state index < -0.39 is 12.8 Å². The Kier molecular flexibility index (Phi) is 2.92. The quantitative estimate of drug-likeness (QED) is 0.753. The van der Waals surface area contributed by atoms with Gasteiger partial charge < -0.3 is 4.74 Å². The van der Waals surface area contributed by atoms with Crippen molar-refractivity contribution in [2.75, 3.05) is 6.61 Å². The Morgan fingerprint density at radius 2 is 2.00 bits per heavy atom. The van der Waals surface area contributed by atoms with Crippen LogP contribution < -0.4 is 4.74 Å². The SMILES string of the molecule is FC(F)(F)COc1cnc(Cl)cn1. The number of ether oxygens (including phenoxy) is 1. The zero-order valence-electron chi connectivity index (χ0n) is 6.18. The van der Waals surface area contributed by atoms with Crippen LogP contribution >= 0.6 is 11.6 Å². The third-order valence-electron chi connectivity index (χ3n) is 0.980. The summed E-state index contributed by atoms with van der Waals surface area (Å²) in [5.41, 5.74) is 0. The Morgan fingerprint density at radius 1 is 1.31 bits per heavy atom. The van der Waals surface area contributed by atoms with Crippen molar-refractivity contribution in [3.63, 3.8) is 0 Å². The molecule has 1 rings (SSSR count). The fraction of sp³-hybridized carbons (Fsp3) is 0.333. The zero-order chi connectivity index (χ0) is 9.90. The summed E-state index contributed by atoms with van der Waals surface area (Å²) in [6.45, 7) is -1.39. The lowest BCUT2D eigenvalue weighted by atomic mass is 10.7. The number of rotatable bonds is 2. The van der Waals surface area contributed by atoms with E-state index in [4.69, 9.17) is 11.6 Å². The Balaban J connectivity index is 2.51. The summed E-state index contributed by atoms with van der Waals surface area (Å²) in [4.78, 5) is 6.96. The number of halogens is 4. The van der Waals surface area contributed by atoms with Crippen LogP contribution in [-0.4, -0.2) is 22.8 Å². The van der Waals surface area contributed by atoms with Crippen molar-refractivity contribution in [2.24, 2.45) is 0 Å². The molecule has 0 radical (unpaired) electrons. The van der Waals surface area contributed by atoms with Crippen LogP contribution in [0, 0.1) is 0 Å². The molecule has 0 fully saturated rings. The Labute approximate surface area is 76.5 Å². The Morgan fingerprint density at radius 3 is 2.46 bits per heavy atom. The summed E-state index contributed by atoms with van der Waals surface area (Å²) >= 11 is 5.35. The van der Waals surface area contributed by atoms with E-state index in [1.54, 1.807) is 0 Å². The molecule has 1 aromatic rings. The molecule has 0 saturated carbocycles. The summed E-state index contributed by atoms with van der Waals surface area (Å²) in [5.74, 6) is -0.207. The van der Waals surface area contributed by atoms with Gasteiger partial charge in [-0.25, -0.2) is 9.97 Å².